The molecule has 0 spiro atoms. The van der Waals surface area contributed by atoms with E-state index in [2.05, 4.69) is 30.3 Å². The van der Waals surface area contributed by atoms with Gasteiger partial charge in [-0.1, -0.05) is 97.1 Å². The molecule has 8 rings (SSSR count). The maximum absolute atomic E-state index is 14.4. The fourth-order valence-corrected chi connectivity index (χ4v) is 7.74. The SMILES string of the molecule is O=S1(=O)c2c(-c3cc4ccccc4c4ccccc34)cccc2-n2c(-c3ccccc3)nc3cccc1c32. The largest absolute Gasteiger partial charge is 0.290 e. The van der Waals surface area contributed by atoms with Crippen LogP contribution in [0.3, 0.4) is 0 Å². The van der Waals surface area contributed by atoms with Crippen molar-refractivity contribution in [1.29, 1.82) is 0 Å². The Morgan fingerprint density at radius 3 is 2.16 bits per heavy atom. The molecule has 0 saturated heterocycles. The van der Waals surface area contributed by atoms with Gasteiger partial charge in [-0.3, -0.25) is 4.57 Å². The molecule has 1 aliphatic rings. The maximum Gasteiger partial charge on any atom is 0.211 e. The molecule has 7 aromatic rings. The van der Waals surface area contributed by atoms with Crippen molar-refractivity contribution < 1.29 is 8.42 Å². The molecule has 0 amide bonds. The molecule has 1 aromatic heterocycles. The Kier molecular flexibility index (Phi) is 4.29. The van der Waals surface area contributed by atoms with Crippen LogP contribution < -0.4 is 0 Å². The molecule has 0 aliphatic carbocycles. The van der Waals surface area contributed by atoms with E-state index in [-0.39, 0.29) is 4.90 Å². The number of imidazole rings is 1. The monoisotopic (exact) mass is 508 g/mol. The van der Waals surface area contributed by atoms with Gasteiger partial charge in [-0.2, -0.15) is 0 Å². The van der Waals surface area contributed by atoms with Gasteiger partial charge in [0.05, 0.1) is 21.6 Å². The number of nitrogens with zero attached hydrogens (tertiary/aromatic N) is 2. The number of hydrogen-bond acceptors (Lipinski definition) is 3. The van der Waals surface area contributed by atoms with E-state index in [9.17, 15) is 8.42 Å². The molecule has 38 heavy (non-hydrogen) atoms. The number of aromatic nitrogens is 2. The molecule has 0 N–H and O–H groups in total. The normalized spacial score (nSPS) is 13.7. The second-order valence-electron chi connectivity index (χ2n) is 9.61. The van der Waals surface area contributed by atoms with Gasteiger partial charge >= 0.3 is 0 Å². The molecule has 0 atom stereocenters. The summed E-state index contributed by atoms with van der Waals surface area (Å²) in [4.78, 5) is 5.51. The summed E-state index contributed by atoms with van der Waals surface area (Å²) in [7, 11) is -3.84. The number of rotatable bonds is 2. The molecule has 4 nitrogen and oxygen atoms in total. The van der Waals surface area contributed by atoms with E-state index >= 15 is 0 Å². The van der Waals surface area contributed by atoms with Gasteiger partial charge in [0.25, 0.3) is 0 Å². The van der Waals surface area contributed by atoms with Crippen molar-refractivity contribution in [2.24, 2.45) is 0 Å². The third-order valence-electron chi connectivity index (χ3n) is 7.52. The van der Waals surface area contributed by atoms with E-state index in [0.29, 0.717) is 27.2 Å². The Hall–Kier alpha value is -4.74. The summed E-state index contributed by atoms with van der Waals surface area (Å²) >= 11 is 0. The molecule has 2 heterocycles. The van der Waals surface area contributed by atoms with Crippen molar-refractivity contribution >= 4 is 42.4 Å². The van der Waals surface area contributed by atoms with E-state index in [1.807, 2.05) is 83.4 Å². The average molecular weight is 509 g/mol. The molecule has 0 unspecified atom stereocenters. The van der Waals surface area contributed by atoms with Crippen molar-refractivity contribution in [3.63, 3.8) is 0 Å². The van der Waals surface area contributed by atoms with E-state index in [4.69, 9.17) is 4.98 Å². The first-order valence-electron chi connectivity index (χ1n) is 12.5. The van der Waals surface area contributed by atoms with Crippen molar-refractivity contribution in [2.45, 2.75) is 9.79 Å². The molecule has 0 radical (unpaired) electrons. The quantitative estimate of drug-likeness (QED) is 0.224. The standard InChI is InChI=1S/C33H20N2O2S/c36-38(37)30-19-9-17-28-31(30)35(33(34-28)21-10-2-1-3-11-21)29-18-8-16-26(32(29)38)27-20-22-12-4-5-13-23(22)24-14-6-7-15-25(24)27/h1-20H. The Labute approximate surface area is 219 Å². The van der Waals surface area contributed by atoms with Crippen LogP contribution in [0, 0.1) is 0 Å². The Morgan fingerprint density at radius 1 is 0.605 bits per heavy atom. The molecule has 0 fully saturated rings. The second-order valence-corrected chi connectivity index (χ2v) is 11.5. The minimum absolute atomic E-state index is 0.287. The highest BCUT2D eigenvalue weighted by atomic mass is 32.2. The average Bonchev–Trinajstić information content (AvgIpc) is 3.36. The fraction of sp³-hybridized carbons (Fsp3) is 0. The van der Waals surface area contributed by atoms with Crippen molar-refractivity contribution in [2.75, 3.05) is 0 Å². The molecule has 1 aliphatic heterocycles. The number of benzene rings is 6. The van der Waals surface area contributed by atoms with Gasteiger partial charge in [0.2, 0.25) is 9.84 Å². The summed E-state index contributed by atoms with van der Waals surface area (Å²) in [6, 6.07) is 39.6. The summed E-state index contributed by atoms with van der Waals surface area (Å²) in [5.41, 5.74) is 4.44. The van der Waals surface area contributed by atoms with Crippen molar-refractivity contribution in [3.05, 3.63) is 121 Å². The summed E-state index contributed by atoms with van der Waals surface area (Å²) in [5.74, 6) is 0.727. The summed E-state index contributed by atoms with van der Waals surface area (Å²) < 4.78 is 30.8. The number of hydrogen-bond donors (Lipinski definition) is 0. The zero-order chi connectivity index (χ0) is 25.4. The lowest BCUT2D eigenvalue weighted by Crippen LogP contribution is -2.16. The number of sulfone groups is 1. The highest BCUT2D eigenvalue weighted by Crippen LogP contribution is 2.47. The minimum Gasteiger partial charge on any atom is -0.290 e. The Balaban J connectivity index is 1.54. The van der Waals surface area contributed by atoms with Crippen LogP contribution in [0.25, 0.3) is 60.8 Å². The van der Waals surface area contributed by atoms with Crippen LogP contribution in [0.1, 0.15) is 0 Å². The van der Waals surface area contributed by atoms with E-state index in [1.54, 1.807) is 12.1 Å². The van der Waals surface area contributed by atoms with Gasteiger partial charge in [0.1, 0.15) is 10.7 Å². The van der Waals surface area contributed by atoms with Crippen molar-refractivity contribution in [1.82, 2.24) is 9.55 Å². The summed E-state index contributed by atoms with van der Waals surface area (Å²) in [6.45, 7) is 0. The molecule has 0 saturated carbocycles. The maximum atomic E-state index is 14.4. The van der Waals surface area contributed by atoms with E-state index in [1.165, 1.54) is 0 Å². The smallest absolute Gasteiger partial charge is 0.211 e. The van der Waals surface area contributed by atoms with E-state index in [0.717, 1.165) is 38.5 Å². The van der Waals surface area contributed by atoms with Crippen LogP contribution >= 0.6 is 0 Å². The lowest BCUT2D eigenvalue weighted by Gasteiger charge is -2.24. The predicted molar refractivity (Wildman–Crippen MR) is 152 cm³/mol. The highest BCUT2D eigenvalue weighted by Gasteiger charge is 2.36. The van der Waals surface area contributed by atoms with Crippen LogP contribution in [0.4, 0.5) is 0 Å². The zero-order valence-corrected chi connectivity index (χ0v) is 21.0. The topological polar surface area (TPSA) is 52.0 Å². The zero-order valence-electron chi connectivity index (χ0n) is 20.2. The molecule has 180 valence electrons. The predicted octanol–water partition coefficient (Wildman–Crippen LogP) is 7.81. The second kappa shape index (κ2) is 7.63. The lowest BCUT2D eigenvalue weighted by atomic mass is 9.93. The molecular weight excluding hydrogens is 488 g/mol. The van der Waals surface area contributed by atoms with Crippen LogP contribution in [0.15, 0.2) is 131 Å². The van der Waals surface area contributed by atoms with Crippen LogP contribution in [-0.2, 0) is 9.84 Å². The molecular formula is C33H20N2O2S. The molecule has 5 heteroatoms. The molecule has 0 bridgehead atoms. The van der Waals surface area contributed by atoms with Crippen LogP contribution in [0.5, 0.6) is 0 Å². The first-order valence-corrected chi connectivity index (χ1v) is 14.0. The van der Waals surface area contributed by atoms with Gasteiger partial charge in [-0.25, -0.2) is 13.4 Å². The Bertz CT molecular complexity index is 2200. The molecule has 6 aromatic carbocycles. The van der Waals surface area contributed by atoms with Gasteiger partial charge < -0.3 is 0 Å². The van der Waals surface area contributed by atoms with Gasteiger partial charge in [-0.05, 0) is 51.4 Å². The highest BCUT2D eigenvalue weighted by molar-refractivity contribution is 7.92. The first-order chi connectivity index (χ1) is 18.6. The fourth-order valence-electron chi connectivity index (χ4n) is 5.91. The minimum atomic E-state index is -3.84. The lowest BCUT2D eigenvalue weighted by molar-refractivity contribution is 0.595. The summed E-state index contributed by atoms with van der Waals surface area (Å²) in [6.07, 6.45) is 0. The van der Waals surface area contributed by atoms with Crippen molar-refractivity contribution in [3.8, 4) is 28.2 Å². The van der Waals surface area contributed by atoms with Gasteiger partial charge in [0, 0.05) is 11.1 Å². The Morgan fingerprint density at radius 2 is 1.32 bits per heavy atom. The summed E-state index contributed by atoms with van der Waals surface area (Å²) in [5, 5.41) is 4.34. The number of fused-ring (bicyclic) bond motifs is 5. The van der Waals surface area contributed by atoms with Gasteiger partial charge in [0.15, 0.2) is 0 Å². The van der Waals surface area contributed by atoms with Crippen LogP contribution in [-0.4, -0.2) is 18.0 Å². The third-order valence-corrected chi connectivity index (χ3v) is 9.40. The third kappa shape index (κ3) is 2.79. The number of para-hydroxylation sites is 1. The van der Waals surface area contributed by atoms with Crippen LogP contribution in [0.2, 0.25) is 0 Å². The van der Waals surface area contributed by atoms with Gasteiger partial charge in [-0.15, -0.1) is 0 Å². The first kappa shape index (κ1) is 21.4. The van der Waals surface area contributed by atoms with E-state index < -0.39 is 9.84 Å².